The highest BCUT2D eigenvalue weighted by molar-refractivity contribution is 6.32. The molecule has 3 N–H and O–H groups in total. The molecule has 0 fully saturated rings. The Bertz CT molecular complexity index is 536. The molecule has 1 aromatic carbocycles. The molecule has 0 saturated heterocycles. The summed E-state index contributed by atoms with van der Waals surface area (Å²) in [5.41, 5.74) is 2.39. The van der Waals surface area contributed by atoms with Crippen LogP contribution in [0.4, 0.5) is 10.2 Å². The van der Waals surface area contributed by atoms with E-state index in [0.29, 0.717) is 17.3 Å². The van der Waals surface area contributed by atoms with Crippen LogP contribution in [0.2, 0.25) is 5.02 Å². The average molecular weight is 254 g/mol. The molecule has 0 bridgehead atoms. The van der Waals surface area contributed by atoms with E-state index in [1.54, 1.807) is 12.1 Å². The second kappa shape index (κ2) is 4.99. The molecule has 0 saturated carbocycles. The van der Waals surface area contributed by atoms with Crippen molar-refractivity contribution in [3.05, 3.63) is 47.4 Å². The van der Waals surface area contributed by atoms with Crippen LogP contribution >= 0.6 is 11.6 Å². The summed E-state index contributed by atoms with van der Waals surface area (Å²) >= 11 is 5.83. The fourth-order valence-electron chi connectivity index (χ4n) is 1.24. The van der Waals surface area contributed by atoms with Gasteiger partial charge >= 0.3 is 0 Å². The molecule has 6 heteroatoms. The SMILES string of the molecule is NNc1cc(Oc2ccc(F)cc2Cl)ccn1. The molecule has 0 aliphatic heterocycles. The van der Waals surface area contributed by atoms with E-state index in [9.17, 15) is 4.39 Å². The Balaban J connectivity index is 2.25. The topological polar surface area (TPSA) is 60.2 Å². The molecule has 1 heterocycles. The van der Waals surface area contributed by atoms with Crippen LogP contribution in [0, 0.1) is 5.82 Å². The van der Waals surface area contributed by atoms with Crippen LogP contribution < -0.4 is 16.0 Å². The Kier molecular flexibility index (Phi) is 3.41. The number of nitrogen functional groups attached to an aromatic ring is 1. The lowest BCUT2D eigenvalue weighted by Gasteiger charge is -2.08. The van der Waals surface area contributed by atoms with Crippen molar-refractivity contribution in [2.45, 2.75) is 0 Å². The number of aromatic nitrogens is 1. The van der Waals surface area contributed by atoms with Gasteiger partial charge in [-0.1, -0.05) is 11.6 Å². The molecule has 0 radical (unpaired) electrons. The number of anilines is 1. The number of benzene rings is 1. The first-order valence-corrected chi connectivity index (χ1v) is 5.12. The average Bonchev–Trinajstić information content (AvgIpc) is 2.33. The van der Waals surface area contributed by atoms with E-state index >= 15 is 0 Å². The zero-order chi connectivity index (χ0) is 12.3. The highest BCUT2D eigenvalue weighted by Gasteiger charge is 2.05. The van der Waals surface area contributed by atoms with Gasteiger partial charge in [-0.25, -0.2) is 15.2 Å². The molecule has 1 aromatic heterocycles. The lowest BCUT2D eigenvalue weighted by atomic mass is 10.3. The van der Waals surface area contributed by atoms with Crippen molar-refractivity contribution >= 4 is 17.4 Å². The Labute approximate surface area is 102 Å². The Hall–Kier alpha value is -1.85. The number of nitrogens with zero attached hydrogens (tertiary/aromatic N) is 1. The van der Waals surface area contributed by atoms with Gasteiger partial charge in [-0.05, 0) is 24.3 Å². The van der Waals surface area contributed by atoms with E-state index in [2.05, 4.69) is 10.4 Å². The number of halogens is 2. The fraction of sp³-hybridized carbons (Fsp3) is 0. The lowest BCUT2D eigenvalue weighted by Crippen LogP contribution is -2.08. The maximum Gasteiger partial charge on any atom is 0.146 e. The number of nitrogens with two attached hydrogens (primary N) is 1. The van der Waals surface area contributed by atoms with Gasteiger partial charge in [0.2, 0.25) is 0 Å². The number of nitrogens with one attached hydrogen (secondary N) is 1. The van der Waals surface area contributed by atoms with Gasteiger partial charge in [0, 0.05) is 12.3 Å². The van der Waals surface area contributed by atoms with E-state index in [1.807, 2.05) is 0 Å². The smallest absolute Gasteiger partial charge is 0.146 e. The third kappa shape index (κ3) is 2.83. The molecule has 17 heavy (non-hydrogen) atoms. The third-order valence-electron chi connectivity index (χ3n) is 2.00. The summed E-state index contributed by atoms with van der Waals surface area (Å²) in [6.07, 6.45) is 1.53. The molecule has 88 valence electrons. The van der Waals surface area contributed by atoms with E-state index in [-0.39, 0.29) is 5.02 Å². The molecule has 0 spiro atoms. The molecular weight excluding hydrogens is 245 g/mol. The van der Waals surface area contributed by atoms with Gasteiger partial charge in [0.25, 0.3) is 0 Å². The molecule has 0 atom stereocenters. The van der Waals surface area contributed by atoms with Crippen LogP contribution in [0.5, 0.6) is 11.5 Å². The Morgan fingerprint density at radius 1 is 1.29 bits per heavy atom. The van der Waals surface area contributed by atoms with Crippen LogP contribution in [0.3, 0.4) is 0 Å². The summed E-state index contributed by atoms with van der Waals surface area (Å²) in [5, 5.41) is 0.198. The molecular formula is C11H9ClFN3O. The molecule has 0 amide bonds. The highest BCUT2D eigenvalue weighted by Crippen LogP contribution is 2.30. The first-order chi connectivity index (χ1) is 8.19. The van der Waals surface area contributed by atoms with Crippen molar-refractivity contribution in [3.8, 4) is 11.5 Å². The minimum atomic E-state index is -0.415. The summed E-state index contributed by atoms with van der Waals surface area (Å²) in [4.78, 5) is 3.93. The van der Waals surface area contributed by atoms with E-state index in [4.69, 9.17) is 22.2 Å². The summed E-state index contributed by atoms with van der Waals surface area (Å²) in [7, 11) is 0. The van der Waals surface area contributed by atoms with Crippen LogP contribution in [0.15, 0.2) is 36.5 Å². The molecule has 4 nitrogen and oxygen atoms in total. The van der Waals surface area contributed by atoms with Gasteiger partial charge in [-0.2, -0.15) is 0 Å². The Morgan fingerprint density at radius 3 is 2.82 bits per heavy atom. The van der Waals surface area contributed by atoms with Crippen molar-refractivity contribution in [2.75, 3.05) is 5.43 Å². The molecule has 2 rings (SSSR count). The quantitative estimate of drug-likeness (QED) is 0.652. The van der Waals surface area contributed by atoms with Crippen LogP contribution in [0.25, 0.3) is 0 Å². The largest absolute Gasteiger partial charge is 0.456 e. The monoisotopic (exact) mass is 253 g/mol. The van der Waals surface area contributed by atoms with Crippen LogP contribution in [-0.2, 0) is 0 Å². The van der Waals surface area contributed by atoms with Gasteiger partial charge < -0.3 is 10.2 Å². The first-order valence-electron chi connectivity index (χ1n) is 4.74. The molecule has 0 aliphatic rings. The van der Waals surface area contributed by atoms with Gasteiger partial charge in [0.15, 0.2) is 0 Å². The van der Waals surface area contributed by atoms with Gasteiger partial charge in [0.05, 0.1) is 5.02 Å². The normalized spacial score (nSPS) is 10.1. The number of hydrogen-bond donors (Lipinski definition) is 2. The minimum Gasteiger partial charge on any atom is -0.456 e. The number of pyridine rings is 1. The predicted octanol–water partition coefficient (Wildman–Crippen LogP) is 2.95. The van der Waals surface area contributed by atoms with Gasteiger partial charge in [-0.15, -0.1) is 0 Å². The second-order valence-electron chi connectivity index (χ2n) is 3.20. The van der Waals surface area contributed by atoms with E-state index < -0.39 is 5.82 Å². The number of hydrazine groups is 1. The number of hydrogen-bond acceptors (Lipinski definition) is 4. The van der Waals surface area contributed by atoms with Gasteiger partial charge in [-0.3, -0.25) is 0 Å². The summed E-state index contributed by atoms with van der Waals surface area (Å²) < 4.78 is 18.3. The van der Waals surface area contributed by atoms with Crippen molar-refractivity contribution in [1.82, 2.24) is 4.98 Å². The second-order valence-corrected chi connectivity index (χ2v) is 3.61. The first kappa shape index (κ1) is 11.6. The van der Waals surface area contributed by atoms with Crippen molar-refractivity contribution < 1.29 is 9.13 Å². The molecule has 0 unspecified atom stereocenters. The predicted molar refractivity (Wildman–Crippen MR) is 63.5 cm³/mol. The van der Waals surface area contributed by atoms with Crippen LogP contribution in [-0.4, -0.2) is 4.98 Å². The lowest BCUT2D eigenvalue weighted by molar-refractivity contribution is 0.480. The maximum atomic E-state index is 12.8. The fourth-order valence-corrected chi connectivity index (χ4v) is 1.44. The standard InChI is InChI=1S/C11H9ClFN3O/c12-9-5-7(13)1-2-10(9)17-8-3-4-15-11(6-8)16-14/h1-6H,14H2,(H,15,16). The van der Waals surface area contributed by atoms with Gasteiger partial charge in [0.1, 0.15) is 23.1 Å². The van der Waals surface area contributed by atoms with Crippen molar-refractivity contribution in [1.29, 1.82) is 0 Å². The van der Waals surface area contributed by atoms with E-state index in [1.165, 1.54) is 24.4 Å². The van der Waals surface area contributed by atoms with Crippen LogP contribution in [0.1, 0.15) is 0 Å². The highest BCUT2D eigenvalue weighted by atomic mass is 35.5. The minimum absolute atomic E-state index is 0.198. The summed E-state index contributed by atoms with van der Waals surface area (Å²) in [6.45, 7) is 0. The summed E-state index contributed by atoms with van der Waals surface area (Å²) in [6, 6.07) is 7.14. The van der Waals surface area contributed by atoms with Crippen molar-refractivity contribution in [3.63, 3.8) is 0 Å². The van der Waals surface area contributed by atoms with Crippen molar-refractivity contribution in [2.24, 2.45) is 5.84 Å². The Morgan fingerprint density at radius 2 is 2.12 bits per heavy atom. The maximum absolute atomic E-state index is 12.8. The van der Waals surface area contributed by atoms with E-state index in [0.717, 1.165) is 0 Å². The zero-order valence-electron chi connectivity index (χ0n) is 8.65. The molecule has 0 aliphatic carbocycles. The third-order valence-corrected chi connectivity index (χ3v) is 2.30. The number of rotatable bonds is 3. The summed E-state index contributed by atoms with van der Waals surface area (Å²) in [5.74, 6) is 6.13. The zero-order valence-corrected chi connectivity index (χ0v) is 9.41. The molecule has 2 aromatic rings. The number of ether oxygens (including phenoxy) is 1.